The maximum atomic E-state index is 14.0. The number of piperidine rings is 1. The molecule has 0 spiro atoms. The highest BCUT2D eigenvalue weighted by Gasteiger charge is 2.55. The van der Waals surface area contributed by atoms with Crippen LogP contribution >= 0.6 is 11.3 Å². The lowest BCUT2D eigenvalue weighted by atomic mass is 10.1. The van der Waals surface area contributed by atoms with Gasteiger partial charge in [-0.05, 0) is 47.9 Å². The van der Waals surface area contributed by atoms with E-state index in [4.69, 9.17) is 5.73 Å². The Kier molecular flexibility index (Phi) is 6.46. The van der Waals surface area contributed by atoms with Crippen molar-refractivity contribution in [1.82, 2.24) is 9.88 Å². The second-order valence-corrected chi connectivity index (χ2v) is 10.4. The first-order chi connectivity index (χ1) is 17.1. The fourth-order valence-corrected chi connectivity index (χ4v) is 6.29. The van der Waals surface area contributed by atoms with Gasteiger partial charge in [-0.15, -0.1) is 24.5 Å². The molecule has 5 rings (SSSR count). The van der Waals surface area contributed by atoms with Gasteiger partial charge in [-0.3, -0.25) is 9.69 Å². The van der Waals surface area contributed by atoms with Gasteiger partial charge in [0, 0.05) is 42.6 Å². The van der Waals surface area contributed by atoms with Crippen molar-refractivity contribution in [3.8, 4) is 5.75 Å². The fourth-order valence-electron chi connectivity index (χ4n) is 5.11. The lowest BCUT2D eigenvalue weighted by molar-refractivity contribution is -0.274. The van der Waals surface area contributed by atoms with Crippen LogP contribution in [-0.2, 0) is 19.4 Å². The molecule has 11 heteroatoms. The summed E-state index contributed by atoms with van der Waals surface area (Å²) in [5, 5.41) is 0.585. The Balaban J connectivity index is 1.21. The van der Waals surface area contributed by atoms with E-state index in [1.54, 1.807) is 6.07 Å². The molecule has 0 bridgehead atoms. The molecule has 0 radical (unpaired) electrons. The Hall–Kier alpha value is -3.05. The molecule has 1 saturated heterocycles. The Morgan fingerprint density at radius 1 is 1.14 bits per heavy atom. The molecule has 2 N–H and O–H groups in total. The van der Waals surface area contributed by atoms with Gasteiger partial charge in [-0.1, -0.05) is 18.2 Å². The van der Waals surface area contributed by atoms with Crippen molar-refractivity contribution in [1.29, 1.82) is 0 Å². The normalized spacial score (nSPS) is 21.4. The van der Waals surface area contributed by atoms with Gasteiger partial charge in [-0.2, -0.15) is 0 Å². The summed E-state index contributed by atoms with van der Waals surface area (Å²) in [6, 6.07) is 9.26. The number of benzene rings is 2. The number of nitrogens with zero attached hydrogens (tertiary/aromatic N) is 2. The smallest absolute Gasteiger partial charge is 0.406 e. The number of likely N-dealkylation sites (tertiary alicyclic amines) is 1. The third-order valence-electron chi connectivity index (χ3n) is 6.74. The predicted molar refractivity (Wildman–Crippen MR) is 122 cm³/mol. The number of halogens is 5. The van der Waals surface area contributed by atoms with E-state index in [1.165, 1.54) is 41.7 Å². The summed E-state index contributed by atoms with van der Waals surface area (Å²) >= 11 is 1.34. The molecule has 5 nitrogen and oxygen atoms in total. The Morgan fingerprint density at radius 3 is 2.56 bits per heavy atom. The van der Waals surface area contributed by atoms with E-state index in [0.29, 0.717) is 46.9 Å². The van der Waals surface area contributed by atoms with Crippen LogP contribution in [0.1, 0.15) is 31.5 Å². The second kappa shape index (κ2) is 9.44. The molecular formula is C25H22F5N3O2S. The van der Waals surface area contributed by atoms with Crippen molar-refractivity contribution in [2.45, 2.75) is 25.7 Å². The van der Waals surface area contributed by atoms with Gasteiger partial charge in [0.05, 0.1) is 5.01 Å². The maximum absolute atomic E-state index is 14.0. The van der Waals surface area contributed by atoms with Crippen molar-refractivity contribution in [3.05, 3.63) is 80.8 Å². The standard InChI is InChI=1S/C25H22F5N3O2S/c26-15-5-4-14(20(27)8-15)10-33-11-18-17(19(18)12-33)9-21-23(24(31)34)32-22(36-21)7-13-2-1-3-16(6-13)35-25(28,29)30/h1-6,8,17-19H,7,9-12H2,(H2,31,34). The number of carbonyl (C=O) groups excluding carboxylic acids is 1. The van der Waals surface area contributed by atoms with E-state index in [9.17, 15) is 26.7 Å². The monoisotopic (exact) mass is 523 g/mol. The number of aromatic nitrogens is 1. The summed E-state index contributed by atoms with van der Waals surface area (Å²) in [4.78, 5) is 19.3. The van der Waals surface area contributed by atoms with Crippen molar-refractivity contribution in [3.63, 3.8) is 0 Å². The Bertz CT molecular complexity index is 1280. The average Bonchev–Trinajstić information content (AvgIpc) is 3.10. The van der Waals surface area contributed by atoms with Crippen molar-refractivity contribution < 1.29 is 31.5 Å². The SMILES string of the molecule is NC(=O)c1nc(Cc2cccc(OC(F)(F)F)c2)sc1CC1C2CN(Cc3ccc(F)cc3F)CC12. The van der Waals surface area contributed by atoms with E-state index in [1.807, 2.05) is 0 Å². The molecule has 2 fully saturated rings. The van der Waals surface area contributed by atoms with E-state index >= 15 is 0 Å². The number of alkyl halides is 3. The number of primary amides is 1. The van der Waals surface area contributed by atoms with Gasteiger partial charge in [0.1, 0.15) is 23.1 Å². The number of rotatable bonds is 8. The minimum atomic E-state index is -4.78. The first-order valence-electron chi connectivity index (χ1n) is 11.3. The molecular weight excluding hydrogens is 501 g/mol. The first kappa shape index (κ1) is 24.6. The summed E-state index contributed by atoms with van der Waals surface area (Å²) in [7, 11) is 0. The summed E-state index contributed by atoms with van der Waals surface area (Å²) in [5.41, 5.74) is 6.78. The zero-order chi connectivity index (χ0) is 25.6. The summed E-state index contributed by atoms with van der Waals surface area (Å²) < 4.78 is 68.6. The number of thiazole rings is 1. The van der Waals surface area contributed by atoms with Gasteiger partial charge >= 0.3 is 6.36 Å². The molecule has 36 heavy (non-hydrogen) atoms. The highest BCUT2D eigenvalue weighted by molar-refractivity contribution is 7.12. The second-order valence-electron chi connectivity index (χ2n) is 9.24. The lowest BCUT2D eigenvalue weighted by Gasteiger charge is -2.19. The molecule has 1 amide bonds. The van der Waals surface area contributed by atoms with E-state index in [-0.39, 0.29) is 17.9 Å². The molecule has 3 aromatic rings. The van der Waals surface area contributed by atoms with E-state index in [0.717, 1.165) is 24.0 Å². The Morgan fingerprint density at radius 2 is 1.89 bits per heavy atom. The highest BCUT2D eigenvalue weighted by Crippen LogP contribution is 2.54. The van der Waals surface area contributed by atoms with Crippen LogP contribution in [0.5, 0.6) is 5.75 Å². The largest absolute Gasteiger partial charge is 0.573 e. The minimum absolute atomic E-state index is 0.202. The van der Waals surface area contributed by atoms with Crippen LogP contribution in [0, 0.1) is 29.4 Å². The van der Waals surface area contributed by atoms with Crippen LogP contribution < -0.4 is 10.5 Å². The summed E-state index contributed by atoms with van der Waals surface area (Å²) in [6.07, 6.45) is -3.90. The van der Waals surface area contributed by atoms with Gasteiger partial charge in [-0.25, -0.2) is 13.8 Å². The quantitative estimate of drug-likeness (QED) is 0.425. The van der Waals surface area contributed by atoms with Crippen LogP contribution in [0.25, 0.3) is 0 Å². The van der Waals surface area contributed by atoms with Gasteiger partial charge in [0.2, 0.25) is 0 Å². The highest BCUT2D eigenvalue weighted by atomic mass is 32.1. The molecule has 2 heterocycles. The molecule has 2 atom stereocenters. The van der Waals surface area contributed by atoms with Crippen molar-refractivity contribution >= 4 is 17.2 Å². The van der Waals surface area contributed by atoms with Crippen LogP contribution in [0.3, 0.4) is 0 Å². The third kappa shape index (κ3) is 5.52. The number of carbonyl (C=O) groups is 1. The molecule has 2 aliphatic rings. The number of amides is 1. The van der Waals surface area contributed by atoms with E-state index in [2.05, 4.69) is 14.6 Å². The minimum Gasteiger partial charge on any atom is -0.406 e. The number of fused-ring (bicyclic) bond motifs is 1. The number of hydrogen-bond donors (Lipinski definition) is 1. The van der Waals surface area contributed by atoms with Crippen molar-refractivity contribution in [2.75, 3.05) is 13.1 Å². The summed E-state index contributed by atoms with van der Waals surface area (Å²) in [6.45, 7) is 1.99. The van der Waals surface area contributed by atoms with Gasteiger partial charge < -0.3 is 10.5 Å². The third-order valence-corrected chi connectivity index (χ3v) is 7.82. The average molecular weight is 524 g/mol. The number of nitrogens with two attached hydrogens (primary N) is 1. The first-order valence-corrected chi connectivity index (χ1v) is 12.2. The van der Waals surface area contributed by atoms with Crippen LogP contribution in [0.2, 0.25) is 0 Å². The molecule has 2 unspecified atom stereocenters. The topological polar surface area (TPSA) is 68.5 Å². The maximum Gasteiger partial charge on any atom is 0.573 e. The van der Waals surface area contributed by atoms with Gasteiger partial charge in [0.25, 0.3) is 5.91 Å². The van der Waals surface area contributed by atoms with E-state index < -0.39 is 23.9 Å². The van der Waals surface area contributed by atoms with Crippen LogP contribution in [0.4, 0.5) is 22.0 Å². The summed E-state index contributed by atoms with van der Waals surface area (Å²) in [5.74, 6) is -0.923. The number of ether oxygens (including phenoxy) is 1. The molecule has 1 aliphatic heterocycles. The lowest BCUT2D eigenvalue weighted by Crippen LogP contribution is -2.25. The van der Waals surface area contributed by atoms with Gasteiger partial charge in [0.15, 0.2) is 0 Å². The predicted octanol–water partition coefficient (Wildman–Crippen LogP) is 4.93. The molecule has 190 valence electrons. The zero-order valence-electron chi connectivity index (χ0n) is 18.9. The molecule has 1 saturated carbocycles. The molecule has 1 aromatic heterocycles. The van der Waals surface area contributed by atoms with Crippen LogP contribution in [0.15, 0.2) is 42.5 Å². The van der Waals surface area contributed by atoms with Crippen molar-refractivity contribution in [2.24, 2.45) is 23.5 Å². The fraction of sp³-hybridized carbons (Fsp3) is 0.360. The number of hydrogen-bond acceptors (Lipinski definition) is 5. The Labute approximate surface area is 207 Å². The van der Waals surface area contributed by atoms with Crippen LogP contribution in [-0.4, -0.2) is 35.2 Å². The zero-order valence-corrected chi connectivity index (χ0v) is 19.7. The molecule has 1 aliphatic carbocycles. The molecule has 2 aromatic carbocycles.